The summed E-state index contributed by atoms with van der Waals surface area (Å²) in [6, 6.07) is 10.3. The van der Waals surface area contributed by atoms with Gasteiger partial charge in [0.15, 0.2) is 0 Å². The fraction of sp³-hybridized carbons (Fsp3) is 0. The van der Waals surface area contributed by atoms with Crippen molar-refractivity contribution in [1.29, 1.82) is 0 Å². The maximum atomic E-state index is 7.50. The fourth-order valence-electron chi connectivity index (χ4n) is 1.58. The molecule has 3 nitrogen and oxygen atoms in total. The van der Waals surface area contributed by atoms with E-state index >= 15 is 0 Å². The Labute approximate surface area is 179 Å². The van der Waals surface area contributed by atoms with Gasteiger partial charge in [-0.2, -0.15) is 0 Å². The SMILES string of the molecule is [C-]#[O+].[C-]#[O+].[C-]#[O+].[CH]1[CH][CH][CH][CH]1.[CH]1[CH][CH][C](/C=C/c2ccccc2)[CH]1.[Cr].[Fe+2]. The third-order valence-corrected chi connectivity index (χ3v) is 2.51. The van der Waals surface area contributed by atoms with Crippen molar-refractivity contribution in [3.63, 3.8) is 0 Å². The van der Waals surface area contributed by atoms with Crippen molar-refractivity contribution in [2.24, 2.45) is 0 Å². The standard InChI is InChI=1S/C13H11.C5H5.3CO.Cr.Fe/c1-2-6-12(7-3-1)10-11-13-8-4-5-9-13;1-2-4-5-3-1;3*1-2;;/h1-11H;1-5H;;;;;/q;;;;;;+2/b11-10+;;;;;;. The summed E-state index contributed by atoms with van der Waals surface area (Å²) in [5.41, 5.74) is 1.24. The zero-order valence-corrected chi connectivity index (χ0v) is 16.1. The monoisotopic (exact) mass is 424 g/mol. The van der Waals surface area contributed by atoms with Crippen molar-refractivity contribution in [1.82, 2.24) is 0 Å². The first-order valence-electron chi connectivity index (χ1n) is 6.68. The predicted octanol–water partition coefficient (Wildman–Crippen LogP) is 4.01. The van der Waals surface area contributed by atoms with Crippen molar-refractivity contribution in [3.05, 3.63) is 126 Å². The Kier molecular flexibility index (Phi) is 36.7. The molecule has 10 radical (unpaired) electrons. The van der Waals surface area contributed by atoms with Crippen LogP contribution in [-0.4, -0.2) is 0 Å². The first kappa shape index (κ1) is 32.9. The molecule has 1 aromatic rings. The molecule has 0 bridgehead atoms. The van der Waals surface area contributed by atoms with Crippen LogP contribution in [-0.2, 0) is 48.4 Å². The summed E-state index contributed by atoms with van der Waals surface area (Å²) in [5, 5.41) is 0. The van der Waals surface area contributed by atoms with Gasteiger partial charge < -0.3 is 0 Å². The molecular weight excluding hydrogens is 408 g/mol. The Balaban J connectivity index is -0.000000158. The largest absolute Gasteiger partial charge is 2.00 e. The molecule has 1 aromatic carbocycles. The Morgan fingerprint density at radius 2 is 0.962 bits per heavy atom. The summed E-state index contributed by atoms with van der Waals surface area (Å²) >= 11 is 0. The smallest absolute Gasteiger partial charge is 0.0762 e. The van der Waals surface area contributed by atoms with Crippen LogP contribution in [0.5, 0.6) is 0 Å². The summed E-state index contributed by atoms with van der Waals surface area (Å²) in [6.45, 7) is 13.5. The molecule has 0 amide bonds. The van der Waals surface area contributed by atoms with Gasteiger partial charge in [-0.3, -0.25) is 0 Å². The molecule has 5 heteroatoms. The predicted molar refractivity (Wildman–Crippen MR) is 89.2 cm³/mol. The third kappa shape index (κ3) is 19.6. The first-order chi connectivity index (χ1) is 11.9. The van der Waals surface area contributed by atoms with Crippen LogP contribution in [0, 0.1) is 83.7 Å². The Hall–Kier alpha value is -0.768. The van der Waals surface area contributed by atoms with Gasteiger partial charge in [0, 0.05) is 23.3 Å². The maximum absolute atomic E-state index is 7.50. The zero-order chi connectivity index (χ0) is 18.5. The summed E-state index contributed by atoms with van der Waals surface area (Å²) in [7, 11) is 0. The molecule has 0 heterocycles. The molecule has 0 atom stereocenters. The molecule has 0 aliphatic heterocycles. The van der Waals surface area contributed by atoms with Crippen LogP contribution in [0.1, 0.15) is 5.56 Å². The first-order valence-corrected chi connectivity index (χ1v) is 6.68. The molecule has 0 N–H and O–H groups in total. The minimum absolute atomic E-state index is 0. The van der Waals surface area contributed by atoms with Gasteiger partial charge in [0.25, 0.3) is 0 Å². The van der Waals surface area contributed by atoms with Gasteiger partial charge >= 0.3 is 51.0 Å². The molecule has 3 rings (SSSR count). The van der Waals surface area contributed by atoms with Crippen molar-refractivity contribution in [3.8, 4) is 0 Å². The molecular formula is C21H16CrFeO3+2. The van der Waals surface area contributed by atoms with E-state index in [0.717, 1.165) is 0 Å². The minimum atomic E-state index is 0. The topological polar surface area (TPSA) is 59.7 Å². The third-order valence-electron chi connectivity index (χ3n) is 2.51. The molecule has 26 heavy (non-hydrogen) atoms. The number of hydrogen-bond donors (Lipinski definition) is 0. The van der Waals surface area contributed by atoms with Crippen molar-refractivity contribution in [2.45, 2.75) is 0 Å². The Morgan fingerprint density at radius 3 is 1.35 bits per heavy atom. The minimum Gasteiger partial charge on any atom is -0.0762 e. The van der Waals surface area contributed by atoms with Gasteiger partial charge in [-0.25, -0.2) is 0 Å². The molecule has 2 fully saturated rings. The number of rotatable bonds is 2. The molecule has 0 saturated heterocycles. The van der Waals surface area contributed by atoms with Crippen LogP contribution in [0.2, 0.25) is 0 Å². The van der Waals surface area contributed by atoms with E-state index in [1.807, 2.05) is 63.1 Å². The van der Waals surface area contributed by atoms with Crippen LogP contribution >= 0.6 is 0 Å². The van der Waals surface area contributed by atoms with Crippen molar-refractivity contribution in [2.75, 3.05) is 0 Å². The van der Waals surface area contributed by atoms with E-state index in [-0.39, 0.29) is 34.4 Å². The molecule has 0 aromatic heterocycles. The average Bonchev–Trinajstić information content (AvgIpc) is 3.42. The molecule has 2 aliphatic carbocycles. The van der Waals surface area contributed by atoms with Gasteiger partial charge in [-0.1, -0.05) is 42.5 Å². The number of hydrogen-bond acceptors (Lipinski definition) is 0. The van der Waals surface area contributed by atoms with Crippen LogP contribution in [0.25, 0.3) is 6.08 Å². The van der Waals surface area contributed by atoms with Gasteiger partial charge in [0.2, 0.25) is 0 Å². The molecule has 0 spiro atoms. The quantitative estimate of drug-likeness (QED) is 0.392. The average molecular weight is 424 g/mol. The summed E-state index contributed by atoms with van der Waals surface area (Å²) in [6.07, 6.45) is 22.5. The van der Waals surface area contributed by atoms with Crippen LogP contribution in [0.3, 0.4) is 0 Å². The number of benzene rings is 1. The second-order valence-corrected chi connectivity index (χ2v) is 3.92. The van der Waals surface area contributed by atoms with Gasteiger partial charge in [-0.05, 0) is 63.4 Å². The Bertz CT molecular complexity index is 437. The van der Waals surface area contributed by atoms with E-state index in [1.165, 1.54) is 11.5 Å². The van der Waals surface area contributed by atoms with E-state index in [9.17, 15) is 0 Å². The Morgan fingerprint density at radius 1 is 0.577 bits per heavy atom. The normalized spacial score (nSPS) is 14.1. The fourth-order valence-corrected chi connectivity index (χ4v) is 1.58. The molecule has 2 aliphatic rings. The summed E-state index contributed by atoms with van der Waals surface area (Å²) < 4.78 is 22.5. The van der Waals surface area contributed by atoms with E-state index < -0.39 is 0 Å². The molecule has 130 valence electrons. The van der Waals surface area contributed by atoms with Crippen LogP contribution in [0.4, 0.5) is 0 Å². The van der Waals surface area contributed by atoms with Crippen molar-refractivity contribution >= 4 is 6.08 Å². The second-order valence-electron chi connectivity index (χ2n) is 3.92. The van der Waals surface area contributed by atoms with E-state index in [0.29, 0.717) is 0 Å². The summed E-state index contributed by atoms with van der Waals surface area (Å²) in [4.78, 5) is 0. The van der Waals surface area contributed by atoms with Gasteiger partial charge in [-0.15, -0.1) is 0 Å². The summed E-state index contributed by atoms with van der Waals surface area (Å²) in [5.74, 6) is 1.25. The van der Waals surface area contributed by atoms with E-state index in [1.54, 1.807) is 0 Å². The molecule has 2 saturated carbocycles. The maximum Gasteiger partial charge on any atom is 2.00 e. The van der Waals surface area contributed by atoms with Crippen molar-refractivity contribution < 1.29 is 48.4 Å². The van der Waals surface area contributed by atoms with Crippen LogP contribution in [0.15, 0.2) is 36.4 Å². The van der Waals surface area contributed by atoms with E-state index in [4.69, 9.17) is 14.0 Å². The second kappa shape index (κ2) is 29.0. The molecule has 0 unspecified atom stereocenters. The van der Waals surface area contributed by atoms with Gasteiger partial charge in [0.1, 0.15) is 0 Å². The van der Waals surface area contributed by atoms with Crippen LogP contribution < -0.4 is 0 Å². The van der Waals surface area contributed by atoms with E-state index in [2.05, 4.69) is 57.1 Å². The zero-order valence-electron chi connectivity index (χ0n) is 13.7. The van der Waals surface area contributed by atoms with Gasteiger partial charge in [0.05, 0.1) is 0 Å². The number of allylic oxidation sites excluding steroid dienone is 1.